The smallest absolute Gasteiger partial charge is 0.224 e. The molecular weight excluding hydrogens is 248 g/mol. The molecule has 1 aromatic carbocycles. The number of carbonyl (C=O) groups is 1. The standard InChI is InChI=1S/C17H26N2O/c1-2-14-7-6-8-15(11-14)19-16(20)12-17(13-18)9-4-3-5-10-17/h6-8,11H,2-5,9-10,12-13,18H2,1H3,(H,19,20). The minimum atomic E-state index is 0.0324. The van der Waals surface area contributed by atoms with Crippen LogP contribution in [-0.4, -0.2) is 12.5 Å². The van der Waals surface area contributed by atoms with Crippen LogP contribution in [0.1, 0.15) is 51.0 Å². The number of nitrogens with one attached hydrogen (secondary N) is 1. The molecule has 1 amide bonds. The van der Waals surface area contributed by atoms with Crippen molar-refractivity contribution >= 4 is 11.6 Å². The van der Waals surface area contributed by atoms with Gasteiger partial charge in [-0.15, -0.1) is 0 Å². The largest absolute Gasteiger partial charge is 0.330 e. The molecular formula is C17H26N2O. The van der Waals surface area contributed by atoms with Gasteiger partial charge in [-0.05, 0) is 48.9 Å². The van der Waals surface area contributed by atoms with E-state index in [0.717, 1.165) is 24.9 Å². The highest BCUT2D eigenvalue weighted by molar-refractivity contribution is 5.91. The second-order valence-corrected chi connectivity index (χ2v) is 6.04. The first-order valence-corrected chi connectivity index (χ1v) is 7.76. The molecule has 3 heteroatoms. The lowest BCUT2D eigenvalue weighted by molar-refractivity contribution is -0.118. The average Bonchev–Trinajstić information content (AvgIpc) is 2.48. The molecule has 0 saturated heterocycles. The van der Waals surface area contributed by atoms with E-state index >= 15 is 0 Å². The number of aryl methyl sites for hydroxylation is 1. The van der Waals surface area contributed by atoms with Gasteiger partial charge >= 0.3 is 0 Å². The molecule has 20 heavy (non-hydrogen) atoms. The van der Waals surface area contributed by atoms with Gasteiger partial charge in [-0.3, -0.25) is 4.79 Å². The van der Waals surface area contributed by atoms with Crippen molar-refractivity contribution < 1.29 is 4.79 Å². The summed E-state index contributed by atoms with van der Waals surface area (Å²) in [7, 11) is 0. The first-order chi connectivity index (χ1) is 9.67. The molecule has 0 unspecified atom stereocenters. The molecule has 3 N–H and O–H groups in total. The molecule has 0 aliphatic heterocycles. The highest BCUT2D eigenvalue weighted by Crippen LogP contribution is 2.38. The summed E-state index contributed by atoms with van der Waals surface area (Å²) in [6, 6.07) is 8.08. The van der Waals surface area contributed by atoms with Gasteiger partial charge < -0.3 is 11.1 Å². The summed E-state index contributed by atoms with van der Waals surface area (Å²) in [6.07, 6.45) is 7.40. The number of amides is 1. The molecule has 1 fully saturated rings. The zero-order chi connectivity index (χ0) is 14.4. The zero-order valence-electron chi connectivity index (χ0n) is 12.5. The summed E-state index contributed by atoms with van der Waals surface area (Å²) in [5.41, 5.74) is 8.12. The van der Waals surface area contributed by atoms with Gasteiger partial charge in [0, 0.05) is 12.1 Å². The van der Waals surface area contributed by atoms with Crippen LogP contribution < -0.4 is 11.1 Å². The van der Waals surface area contributed by atoms with E-state index in [2.05, 4.69) is 18.3 Å². The Labute approximate surface area is 121 Å². The molecule has 0 bridgehead atoms. The number of rotatable bonds is 5. The fraction of sp³-hybridized carbons (Fsp3) is 0.588. The molecule has 0 heterocycles. The van der Waals surface area contributed by atoms with Crippen LogP contribution in [-0.2, 0) is 11.2 Å². The lowest BCUT2D eigenvalue weighted by Gasteiger charge is -2.35. The Balaban J connectivity index is 1.97. The molecule has 1 aliphatic carbocycles. The van der Waals surface area contributed by atoms with E-state index in [1.54, 1.807) is 0 Å². The van der Waals surface area contributed by atoms with Crippen molar-refractivity contribution in [1.82, 2.24) is 0 Å². The minimum absolute atomic E-state index is 0.0324. The lowest BCUT2D eigenvalue weighted by Crippen LogP contribution is -2.36. The van der Waals surface area contributed by atoms with Crippen LogP contribution in [0.4, 0.5) is 5.69 Å². The van der Waals surface area contributed by atoms with Crippen molar-refractivity contribution in [2.75, 3.05) is 11.9 Å². The first kappa shape index (κ1) is 15.0. The Morgan fingerprint density at radius 1 is 1.30 bits per heavy atom. The number of carbonyl (C=O) groups excluding carboxylic acids is 1. The van der Waals surface area contributed by atoms with Crippen LogP contribution in [0.5, 0.6) is 0 Å². The normalized spacial score (nSPS) is 17.7. The fourth-order valence-electron chi connectivity index (χ4n) is 3.17. The van der Waals surface area contributed by atoms with E-state index in [1.165, 1.54) is 24.8 Å². The topological polar surface area (TPSA) is 55.1 Å². The Morgan fingerprint density at radius 3 is 2.70 bits per heavy atom. The molecule has 1 aliphatic rings. The van der Waals surface area contributed by atoms with E-state index in [9.17, 15) is 4.79 Å². The van der Waals surface area contributed by atoms with E-state index in [1.807, 2.05) is 18.2 Å². The van der Waals surface area contributed by atoms with Crippen LogP contribution in [0.25, 0.3) is 0 Å². The van der Waals surface area contributed by atoms with Gasteiger partial charge in [-0.1, -0.05) is 38.3 Å². The fourth-order valence-corrected chi connectivity index (χ4v) is 3.17. The van der Waals surface area contributed by atoms with Crippen molar-refractivity contribution in [3.63, 3.8) is 0 Å². The van der Waals surface area contributed by atoms with E-state index in [4.69, 9.17) is 5.73 Å². The van der Waals surface area contributed by atoms with Crippen molar-refractivity contribution in [1.29, 1.82) is 0 Å². The Kier molecular flexibility index (Phi) is 5.18. The molecule has 1 aromatic rings. The molecule has 2 rings (SSSR count). The summed E-state index contributed by atoms with van der Waals surface area (Å²) < 4.78 is 0. The van der Waals surface area contributed by atoms with Gasteiger partial charge in [0.05, 0.1) is 0 Å². The Hall–Kier alpha value is -1.35. The van der Waals surface area contributed by atoms with Crippen LogP contribution in [0.3, 0.4) is 0 Å². The molecule has 0 spiro atoms. The third kappa shape index (κ3) is 3.83. The number of anilines is 1. The predicted molar refractivity (Wildman–Crippen MR) is 83.6 cm³/mol. The maximum Gasteiger partial charge on any atom is 0.224 e. The number of nitrogens with two attached hydrogens (primary N) is 1. The van der Waals surface area contributed by atoms with Gasteiger partial charge in [0.15, 0.2) is 0 Å². The SMILES string of the molecule is CCc1cccc(NC(=O)CC2(CN)CCCCC2)c1. The first-order valence-electron chi connectivity index (χ1n) is 7.76. The third-order valence-corrected chi connectivity index (χ3v) is 4.50. The summed E-state index contributed by atoms with van der Waals surface area (Å²) in [5, 5.41) is 3.03. The average molecular weight is 274 g/mol. The number of hydrogen-bond acceptors (Lipinski definition) is 2. The Bertz CT molecular complexity index is 450. The second kappa shape index (κ2) is 6.89. The predicted octanol–water partition coefficient (Wildman–Crippen LogP) is 3.49. The van der Waals surface area contributed by atoms with E-state index in [0.29, 0.717) is 13.0 Å². The molecule has 110 valence electrons. The summed E-state index contributed by atoms with van der Waals surface area (Å²) in [5.74, 6) is 0.102. The number of hydrogen-bond donors (Lipinski definition) is 2. The van der Waals surface area contributed by atoms with Gasteiger partial charge in [0.25, 0.3) is 0 Å². The minimum Gasteiger partial charge on any atom is -0.330 e. The highest BCUT2D eigenvalue weighted by Gasteiger charge is 2.32. The quantitative estimate of drug-likeness (QED) is 0.863. The van der Waals surface area contributed by atoms with Gasteiger partial charge in [-0.2, -0.15) is 0 Å². The molecule has 1 saturated carbocycles. The van der Waals surface area contributed by atoms with E-state index < -0.39 is 0 Å². The van der Waals surface area contributed by atoms with Crippen molar-refractivity contribution in [2.24, 2.45) is 11.1 Å². The zero-order valence-corrected chi connectivity index (χ0v) is 12.5. The maximum absolute atomic E-state index is 12.3. The van der Waals surface area contributed by atoms with Gasteiger partial charge in [-0.25, -0.2) is 0 Å². The Morgan fingerprint density at radius 2 is 2.05 bits per heavy atom. The van der Waals surface area contributed by atoms with Crippen molar-refractivity contribution in [3.8, 4) is 0 Å². The van der Waals surface area contributed by atoms with Crippen LogP contribution in [0.15, 0.2) is 24.3 Å². The highest BCUT2D eigenvalue weighted by atomic mass is 16.1. The van der Waals surface area contributed by atoms with Gasteiger partial charge in [0.2, 0.25) is 5.91 Å². The third-order valence-electron chi connectivity index (χ3n) is 4.50. The maximum atomic E-state index is 12.3. The van der Waals surface area contributed by atoms with Crippen LogP contribution >= 0.6 is 0 Å². The summed E-state index contributed by atoms with van der Waals surface area (Å²) >= 11 is 0. The molecule has 0 aromatic heterocycles. The monoisotopic (exact) mass is 274 g/mol. The van der Waals surface area contributed by atoms with Crippen LogP contribution in [0, 0.1) is 5.41 Å². The molecule has 3 nitrogen and oxygen atoms in total. The lowest BCUT2D eigenvalue weighted by atomic mass is 9.71. The molecule has 0 atom stereocenters. The summed E-state index contributed by atoms with van der Waals surface area (Å²) in [4.78, 5) is 12.3. The number of benzene rings is 1. The van der Waals surface area contributed by atoms with Crippen molar-refractivity contribution in [2.45, 2.75) is 51.9 Å². The van der Waals surface area contributed by atoms with E-state index in [-0.39, 0.29) is 11.3 Å². The second-order valence-electron chi connectivity index (χ2n) is 6.04. The van der Waals surface area contributed by atoms with Crippen LogP contribution in [0.2, 0.25) is 0 Å². The van der Waals surface area contributed by atoms with Crippen molar-refractivity contribution in [3.05, 3.63) is 29.8 Å². The van der Waals surface area contributed by atoms with Gasteiger partial charge in [0.1, 0.15) is 0 Å². The summed E-state index contributed by atoms with van der Waals surface area (Å²) in [6.45, 7) is 2.74. The molecule has 0 radical (unpaired) electrons.